The van der Waals surface area contributed by atoms with Gasteiger partial charge in [-0.1, -0.05) is 13.3 Å². The lowest BCUT2D eigenvalue weighted by Gasteiger charge is -2.11. The molecule has 0 N–H and O–H groups in total. The first kappa shape index (κ1) is 17.2. The van der Waals surface area contributed by atoms with E-state index in [0.717, 1.165) is 24.4 Å². The Morgan fingerprint density at radius 2 is 2.00 bits per heavy atom. The second-order valence-corrected chi connectivity index (χ2v) is 5.33. The molecule has 0 bridgehead atoms. The summed E-state index contributed by atoms with van der Waals surface area (Å²) in [6.07, 6.45) is 2.80. The minimum absolute atomic E-state index is 0.197. The number of nitrogens with zero attached hydrogens (tertiary/aromatic N) is 5. The highest BCUT2D eigenvalue weighted by Crippen LogP contribution is 2.28. The summed E-state index contributed by atoms with van der Waals surface area (Å²) in [7, 11) is 0.907. The molecule has 25 heavy (non-hydrogen) atoms. The molecule has 0 radical (unpaired) electrons. The molecule has 0 aliphatic carbocycles. The number of hydrogen-bond acceptors (Lipinski definition) is 6. The average molecular weight is 349 g/mol. The summed E-state index contributed by atoms with van der Waals surface area (Å²) >= 11 is 0. The Kier molecular flexibility index (Phi) is 4.84. The first-order chi connectivity index (χ1) is 12.0. The van der Waals surface area contributed by atoms with E-state index in [9.17, 15) is 8.78 Å². The Bertz CT molecular complexity index is 851. The van der Waals surface area contributed by atoms with Crippen LogP contribution in [0.1, 0.15) is 25.6 Å². The first-order valence-electron chi connectivity index (χ1n) is 7.78. The molecule has 0 fully saturated rings. The molecule has 0 aliphatic heterocycles. The van der Waals surface area contributed by atoms with Gasteiger partial charge in [0.15, 0.2) is 5.65 Å². The summed E-state index contributed by atoms with van der Waals surface area (Å²) in [6.45, 7) is 2.68. The molecular formula is C16H17F2N5O2. The minimum atomic E-state index is -3.55. The number of fused-ring (bicyclic) bond motifs is 1. The van der Waals surface area contributed by atoms with Crippen LogP contribution in [0.4, 0.5) is 8.78 Å². The molecule has 0 amide bonds. The second kappa shape index (κ2) is 7.06. The number of unbranched alkanes of at least 4 members (excludes halogenated alkanes) is 1. The minimum Gasteiger partial charge on any atom is -0.478 e. The Labute approximate surface area is 142 Å². The predicted octanol–water partition coefficient (Wildman–Crippen LogP) is 3.06. The van der Waals surface area contributed by atoms with Gasteiger partial charge in [-0.3, -0.25) is 9.38 Å². The fourth-order valence-electron chi connectivity index (χ4n) is 2.18. The molecule has 0 atom stereocenters. The lowest BCUT2D eigenvalue weighted by molar-refractivity contribution is -0.237. The van der Waals surface area contributed by atoms with E-state index in [1.54, 1.807) is 18.3 Å². The molecule has 9 heteroatoms. The predicted molar refractivity (Wildman–Crippen MR) is 85.3 cm³/mol. The number of methoxy groups -OCH3 is 1. The zero-order valence-corrected chi connectivity index (χ0v) is 13.8. The number of alkyl halides is 2. The number of pyridine rings is 1. The van der Waals surface area contributed by atoms with Crippen LogP contribution < -0.4 is 4.74 Å². The Morgan fingerprint density at radius 1 is 1.16 bits per heavy atom. The second-order valence-electron chi connectivity index (χ2n) is 5.33. The van der Waals surface area contributed by atoms with E-state index in [-0.39, 0.29) is 5.65 Å². The van der Waals surface area contributed by atoms with Crippen LogP contribution >= 0.6 is 0 Å². The zero-order valence-electron chi connectivity index (χ0n) is 13.8. The highest BCUT2D eigenvalue weighted by Gasteiger charge is 2.37. The van der Waals surface area contributed by atoms with Crippen LogP contribution in [0.25, 0.3) is 16.9 Å². The van der Waals surface area contributed by atoms with Gasteiger partial charge in [0.25, 0.3) is 0 Å². The summed E-state index contributed by atoms with van der Waals surface area (Å²) in [4.78, 5) is 8.42. The van der Waals surface area contributed by atoms with Crippen LogP contribution in [-0.4, -0.2) is 38.3 Å². The van der Waals surface area contributed by atoms with Crippen molar-refractivity contribution in [3.05, 3.63) is 36.5 Å². The Hall–Kier alpha value is -2.68. The van der Waals surface area contributed by atoms with Gasteiger partial charge in [-0.15, -0.1) is 10.2 Å². The summed E-state index contributed by atoms with van der Waals surface area (Å²) in [5, 5.41) is 7.17. The third-order valence-electron chi connectivity index (χ3n) is 3.59. The van der Waals surface area contributed by atoms with Crippen molar-refractivity contribution in [2.75, 3.05) is 13.7 Å². The fourth-order valence-corrected chi connectivity index (χ4v) is 2.18. The van der Waals surface area contributed by atoms with E-state index in [4.69, 9.17) is 4.74 Å². The molecule has 0 aromatic carbocycles. The third-order valence-corrected chi connectivity index (χ3v) is 3.59. The quantitative estimate of drug-likeness (QED) is 0.610. The van der Waals surface area contributed by atoms with Crippen LogP contribution in [-0.2, 0) is 10.8 Å². The first-order valence-corrected chi connectivity index (χ1v) is 7.78. The highest BCUT2D eigenvalue weighted by molar-refractivity contribution is 5.59. The SMILES string of the molecule is CCCCOc1ccc(-c2cn3c(C(F)(F)OC)nnc3cn2)cn1. The normalized spacial score (nSPS) is 11.8. The molecule has 0 spiro atoms. The molecular weight excluding hydrogens is 332 g/mol. The van der Waals surface area contributed by atoms with E-state index < -0.39 is 11.9 Å². The van der Waals surface area contributed by atoms with Crippen LogP contribution in [0, 0.1) is 0 Å². The van der Waals surface area contributed by atoms with Crippen LogP contribution in [0.2, 0.25) is 0 Å². The molecule has 3 rings (SSSR count). The van der Waals surface area contributed by atoms with Crippen LogP contribution in [0.15, 0.2) is 30.7 Å². The van der Waals surface area contributed by atoms with E-state index in [1.807, 2.05) is 0 Å². The summed E-state index contributed by atoms with van der Waals surface area (Å²) in [5.41, 5.74) is 1.31. The lowest BCUT2D eigenvalue weighted by atomic mass is 10.2. The zero-order chi connectivity index (χ0) is 17.9. The molecule has 0 unspecified atom stereocenters. The smallest absolute Gasteiger partial charge is 0.417 e. The molecule has 3 heterocycles. The van der Waals surface area contributed by atoms with Crippen molar-refractivity contribution >= 4 is 5.65 Å². The van der Waals surface area contributed by atoms with Crippen molar-refractivity contribution in [1.82, 2.24) is 24.6 Å². The van der Waals surface area contributed by atoms with Gasteiger partial charge in [-0.2, -0.15) is 8.78 Å². The summed E-state index contributed by atoms with van der Waals surface area (Å²) < 4.78 is 38.4. The van der Waals surface area contributed by atoms with E-state index in [0.29, 0.717) is 23.7 Å². The fraction of sp³-hybridized carbons (Fsp3) is 0.375. The van der Waals surface area contributed by atoms with Crippen molar-refractivity contribution in [3.63, 3.8) is 0 Å². The average Bonchev–Trinajstić information content (AvgIpc) is 3.06. The maximum atomic E-state index is 13.8. The highest BCUT2D eigenvalue weighted by atomic mass is 19.3. The lowest BCUT2D eigenvalue weighted by Crippen LogP contribution is -2.19. The summed E-state index contributed by atoms with van der Waals surface area (Å²) in [5.74, 6) is -0.102. The van der Waals surface area contributed by atoms with Gasteiger partial charge in [0.1, 0.15) is 0 Å². The van der Waals surface area contributed by atoms with Crippen LogP contribution in [0.5, 0.6) is 5.88 Å². The van der Waals surface area contributed by atoms with Crippen molar-refractivity contribution < 1.29 is 18.3 Å². The molecule has 0 saturated carbocycles. The summed E-state index contributed by atoms with van der Waals surface area (Å²) in [6, 6.07) is 3.48. The standard InChI is InChI=1S/C16H17F2N5O2/c1-3-4-7-25-14-6-5-11(8-20-14)12-10-23-13(9-19-12)21-22-15(23)16(17,18)24-2/h5-6,8-10H,3-4,7H2,1-2H3. The van der Waals surface area contributed by atoms with Crippen LogP contribution in [0.3, 0.4) is 0 Å². The van der Waals surface area contributed by atoms with Gasteiger partial charge in [0, 0.05) is 31.1 Å². The Balaban J connectivity index is 1.90. The van der Waals surface area contributed by atoms with Gasteiger partial charge in [0.05, 0.1) is 18.5 Å². The van der Waals surface area contributed by atoms with Crippen molar-refractivity contribution in [1.29, 1.82) is 0 Å². The topological polar surface area (TPSA) is 74.4 Å². The number of halogens is 2. The molecule has 0 aliphatic rings. The Morgan fingerprint density at radius 3 is 2.68 bits per heavy atom. The largest absolute Gasteiger partial charge is 0.478 e. The monoisotopic (exact) mass is 349 g/mol. The number of aromatic nitrogens is 5. The van der Waals surface area contributed by atoms with Crippen molar-refractivity contribution in [2.45, 2.75) is 25.9 Å². The van der Waals surface area contributed by atoms with Crippen molar-refractivity contribution in [3.8, 4) is 17.1 Å². The maximum Gasteiger partial charge on any atom is 0.417 e. The van der Waals surface area contributed by atoms with E-state index >= 15 is 0 Å². The molecule has 7 nitrogen and oxygen atoms in total. The van der Waals surface area contributed by atoms with E-state index in [2.05, 4.69) is 31.8 Å². The number of hydrogen-bond donors (Lipinski definition) is 0. The van der Waals surface area contributed by atoms with E-state index in [1.165, 1.54) is 12.4 Å². The van der Waals surface area contributed by atoms with Gasteiger partial charge in [0.2, 0.25) is 11.7 Å². The van der Waals surface area contributed by atoms with Gasteiger partial charge in [-0.05, 0) is 12.5 Å². The third kappa shape index (κ3) is 3.55. The van der Waals surface area contributed by atoms with Crippen molar-refractivity contribution in [2.24, 2.45) is 0 Å². The molecule has 0 saturated heterocycles. The van der Waals surface area contributed by atoms with Gasteiger partial charge >= 0.3 is 6.11 Å². The van der Waals surface area contributed by atoms with Gasteiger partial charge in [-0.25, -0.2) is 4.98 Å². The number of rotatable bonds is 7. The molecule has 3 aromatic rings. The van der Waals surface area contributed by atoms with Gasteiger partial charge < -0.3 is 9.47 Å². The molecule has 3 aromatic heterocycles. The molecule has 132 valence electrons. The maximum absolute atomic E-state index is 13.8. The number of ether oxygens (including phenoxy) is 2.